The molecule has 0 heterocycles. The van der Waals surface area contributed by atoms with Crippen molar-refractivity contribution in [3.05, 3.63) is 29.8 Å². The van der Waals surface area contributed by atoms with Gasteiger partial charge in [0.1, 0.15) is 0 Å². The summed E-state index contributed by atoms with van der Waals surface area (Å²) in [6.07, 6.45) is -5.00. The number of hydrogen-bond donors (Lipinski definition) is 0. The van der Waals surface area contributed by atoms with E-state index in [-0.39, 0.29) is 6.42 Å². The molecular formula is C13H18F3O2Si. The molecule has 0 unspecified atom stereocenters. The number of hydrogen-bond acceptors (Lipinski definition) is 2. The van der Waals surface area contributed by atoms with E-state index in [1.54, 1.807) is 24.3 Å². The van der Waals surface area contributed by atoms with Crippen LogP contribution in [0.15, 0.2) is 24.3 Å². The fraction of sp³-hybridized carbons (Fsp3) is 0.538. The smallest absolute Gasteiger partial charge is 0.390 e. The van der Waals surface area contributed by atoms with Gasteiger partial charge in [0.15, 0.2) is 0 Å². The number of alkyl halides is 3. The van der Waals surface area contributed by atoms with Gasteiger partial charge in [-0.3, -0.25) is 0 Å². The van der Waals surface area contributed by atoms with Crippen molar-refractivity contribution >= 4 is 14.5 Å². The predicted molar refractivity (Wildman–Crippen MR) is 69.5 cm³/mol. The summed E-state index contributed by atoms with van der Waals surface area (Å²) in [5.41, 5.74) is 0.663. The van der Waals surface area contributed by atoms with Crippen LogP contribution < -0.4 is 5.19 Å². The lowest BCUT2D eigenvalue weighted by atomic mass is 10.1. The molecule has 0 aliphatic rings. The molecule has 6 heteroatoms. The zero-order valence-electron chi connectivity index (χ0n) is 11.1. The molecule has 0 saturated heterocycles. The van der Waals surface area contributed by atoms with Gasteiger partial charge < -0.3 is 8.85 Å². The summed E-state index contributed by atoms with van der Waals surface area (Å²) in [4.78, 5) is 0. The molecular weight excluding hydrogens is 273 g/mol. The van der Waals surface area contributed by atoms with Gasteiger partial charge in [-0.2, -0.15) is 13.2 Å². The summed E-state index contributed by atoms with van der Waals surface area (Å²) in [7, 11) is -1.69. The van der Waals surface area contributed by atoms with E-state index in [0.29, 0.717) is 18.8 Å². The predicted octanol–water partition coefficient (Wildman–Crippen LogP) is 2.95. The van der Waals surface area contributed by atoms with Crippen LogP contribution in [0, 0.1) is 0 Å². The Kier molecular flexibility index (Phi) is 6.54. The third-order valence-electron chi connectivity index (χ3n) is 2.47. The summed E-state index contributed by atoms with van der Waals surface area (Å²) < 4.78 is 48.0. The van der Waals surface area contributed by atoms with E-state index in [2.05, 4.69) is 0 Å². The van der Waals surface area contributed by atoms with Gasteiger partial charge in [0.25, 0.3) is 0 Å². The quantitative estimate of drug-likeness (QED) is 0.719. The minimum Gasteiger partial charge on any atom is -0.390 e. The van der Waals surface area contributed by atoms with Gasteiger partial charge in [0, 0.05) is 19.6 Å². The van der Waals surface area contributed by atoms with Gasteiger partial charge in [-0.1, -0.05) is 24.3 Å². The van der Waals surface area contributed by atoms with Gasteiger partial charge >= 0.3 is 15.5 Å². The third-order valence-corrected chi connectivity index (χ3v) is 4.50. The van der Waals surface area contributed by atoms with Crippen molar-refractivity contribution in [2.45, 2.75) is 32.9 Å². The molecule has 0 bridgehead atoms. The minimum atomic E-state index is -4.14. The number of benzene rings is 1. The number of halogens is 3. The Morgan fingerprint density at radius 3 is 2.16 bits per heavy atom. The summed E-state index contributed by atoms with van der Waals surface area (Å²) in [5.74, 6) is 0. The zero-order valence-corrected chi connectivity index (χ0v) is 12.1. The average molecular weight is 291 g/mol. The number of rotatable bonds is 7. The van der Waals surface area contributed by atoms with Crippen LogP contribution >= 0.6 is 0 Å². The average Bonchev–Trinajstić information content (AvgIpc) is 2.36. The van der Waals surface area contributed by atoms with E-state index in [4.69, 9.17) is 8.85 Å². The molecule has 0 fully saturated rings. The molecule has 2 nitrogen and oxygen atoms in total. The SMILES string of the molecule is CCO[Si](OCC)c1ccccc1CCC(F)(F)F. The molecule has 107 valence electrons. The molecule has 0 atom stereocenters. The molecule has 1 aromatic rings. The fourth-order valence-corrected chi connectivity index (χ4v) is 3.29. The first kappa shape index (κ1) is 16.2. The highest BCUT2D eigenvalue weighted by atomic mass is 28.3. The maximum absolute atomic E-state index is 12.3. The highest BCUT2D eigenvalue weighted by molar-refractivity contribution is 6.61. The first-order valence-electron chi connectivity index (χ1n) is 6.25. The standard InChI is InChI=1S/C13H18F3O2Si/c1-3-17-19(18-4-2)12-8-6-5-7-11(12)9-10-13(14,15)16/h5-8H,3-4,9-10H2,1-2H3. The lowest BCUT2D eigenvalue weighted by molar-refractivity contribution is -0.133. The Morgan fingerprint density at radius 2 is 1.63 bits per heavy atom. The van der Waals surface area contributed by atoms with Crippen molar-refractivity contribution in [1.82, 2.24) is 0 Å². The second-order valence-electron chi connectivity index (χ2n) is 3.93. The first-order chi connectivity index (χ1) is 8.98. The molecule has 0 aliphatic carbocycles. The van der Waals surface area contributed by atoms with Crippen molar-refractivity contribution in [2.24, 2.45) is 0 Å². The fourth-order valence-electron chi connectivity index (χ4n) is 1.67. The minimum absolute atomic E-state index is 0.0337. The molecule has 0 amide bonds. The highest BCUT2D eigenvalue weighted by Gasteiger charge is 2.28. The van der Waals surface area contributed by atoms with Crippen LogP contribution in [0.25, 0.3) is 0 Å². The maximum Gasteiger partial charge on any atom is 0.423 e. The van der Waals surface area contributed by atoms with E-state index < -0.39 is 21.9 Å². The summed E-state index contributed by atoms with van der Waals surface area (Å²) in [5, 5.41) is 0.778. The van der Waals surface area contributed by atoms with Crippen LogP contribution in [0.5, 0.6) is 0 Å². The van der Waals surface area contributed by atoms with Gasteiger partial charge in [-0.15, -0.1) is 0 Å². The van der Waals surface area contributed by atoms with E-state index >= 15 is 0 Å². The van der Waals surface area contributed by atoms with E-state index in [1.807, 2.05) is 13.8 Å². The first-order valence-corrected chi connectivity index (χ1v) is 7.57. The lowest BCUT2D eigenvalue weighted by Crippen LogP contribution is -2.39. The molecule has 0 aliphatic heterocycles. The molecule has 1 aromatic carbocycles. The Morgan fingerprint density at radius 1 is 1.05 bits per heavy atom. The van der Waals surface area contributed by atoms with Crippen LogP contribution in [-0.2, 0) is 15.3 Å². The summed E-state index contributed by atoms with van der Waals surface area (Å²) >= 11 is 0. The van der Waals surface area contributed by atoms with Crippen molar-refractivity contribution in [3.63, 3.8) is 0 Å². The van der Waals surface area contributed by atoms with Gasteiger partial charge in [-0.05, 0) is 31.0 Å². The van der Waals surface area contributed by atoms with Crippen LogP contribution in [0.4, 0.5) is 13.2 Å². The molecule has 0 aromatic heterocycles. The lowest BCUT2D eigenvalue weighted by Gasteiger charge is -2.17. The molecule has 19 heavy (non-hydrogen) atoms. The van der Waals surface area contributed by atoms with E-state index in [0.717, 1.165) is 5.19 Å². The van der Waals surface area contributed by atoms with E-state index in [9.17, 15) is 13.2 Å². The Hall–Kier alpha value is -0.853. The van der Waals surface area contributed by atoms with Crippen molar-refractivity contribution in [2.75, 3.05) is 13.2 Å². The monoisotopic (exact) mass is 291 g/mol. The van der Waals surface area contributed by atoms with Crippen LogP contribution in [0.2, 0.25) is 0 Å². The van der Waals surface area contributed by atoms with Crippen molar-refractivity contribution in [3.8, 4) is 0 Å². The molecule has 0 saturated carbocycles. The normalized spacial score (nSPS) is 12.1. The topological polar surface area (TPSA) is 18.5 Å². The summed E-state index contributed by atoms with van der Waals surface area (Å²) in [6, 6.07) is 7.05. The Labute approximate surface area is 113 Å². The third kappa shape index (κ3) is 5.75. The molecule has 1 radical (unpaired) electrons. The van der Waals surface area contributed by atoms with E-state index in [1.165, 1.54) is 0 Å². The number of aryl methyl sites for hydroxylation is 1. The zero-order chi connectivity index (χ0) is 14.3. The van der Waals surface area contributed by atoms with Gasteiger partial charge in [0.2, 0.25) is 0 Å². The molecule has 0 spiro atoms. The molecule has 0 N–H and O–H groups in total. The maximum atomic E-state index is 12.3. The molecule has 1 rings (SSSR count). The van der Waals surface area contributed by atoms with Gasteiger partial charge in [0.05, 0.1) is 0 Å². The second-order valence-corrected chi connectivity index (χ2v) is 5.62. The largest absolute Gasteiger partial charge is 0.423 e. The Bertz CT molecular complexity index is 376. The van der Waals surface area contributed by atoms with Crippen LogP contribution in [0.3, 0.4) is 0 Å². The van der Waals surface area contributed by atoms with Crippen molar-refractivity contribution < 1.29 is 22.0 Å². The highest BCUT2D eigenvalue weighted by Crippen LogP contribution is 2.21. The van der Waals surface area contributed by atoms with Crippen LogP contribution in [-0.4, -0.2) is 28.7 Å². The second kappa shape index (κ2) is 7.67. The van der Waals surface area contributed by atoms with Crippen molar-refractivity contribution in [1.29, 1.82) is 0 Å². The Balaban J connectivity index is 2.86. The summed E-state index contributed by atoms with van der Waals surface area (Å²) in [6.45, 7) is 4.67. The van der Waals surface area contributed by atoms with Gasteiger partial charge in [-0.25, -0.2) is 0 Å². The van der Waals surface area contributed by atoms with Crippen LogP contribution in [0.1, 0.15) is 25.8 Å².